The predicted molar refractivity (Wildman–Crippen MR) is 68.1 cm³/mol. The summed E-state index contributed by atoms with van der Waals surface area (Å²) in [6.45, 7) is 5.81. The zero-order chi connectivity index (χ0) is 12.4. The molecule has 1 aromatic rings. The van der Waals surface area contributed by atoms with E-state index in [-0.39, 0.29) is 11.9 Å². The summed E-state index contributed by atoms with van der Waals surface area (Å²) < 4.78 is 19.3. The van der Waals surface area contributed by atoms with Gasteiger partial charge in [0.25, 0.3) is 0 Å². The van der Waals surface area contributed by atoms with Gasteiger partial charge in [0.2, 0.25) is 0 Å². The molecular formula is C14H20FNO. The first-order chi connectivity index (χ1) is 8.11. The van der Waals surface area contributed by atoms with Crippen molar-refractivity contribution in [2.75, 3.05) is 25.1 Å². The number of halogens is 1. The van der Waals surface area contributed by atoms with Gasteiger partial charge in [-0.1, -0.05) is 19.9 Å². The number of rotatable bonds is 3. The van der Waals surface area contributed by atoms with Crippen LogP contribution in [-0.4, -0.2) is 26.3 Å². The molecule has 0 bridgehead atoms. The number of hydrogen-bond acceptors (Lipinski definition) is 2. The van der Waals surface area contributed by atoms with Gasteiger partial charge in [-0.3, -0.25) is 0 Å². The molecule has 2 rings (SSSR count). The lowest BCUT2D eigenvalue weighted by Gasteiger charge is -2.20. The van der Waals surface area contributed by atoms with Crippen LogP contribution in [0.1, 0.15) is 31.7 Å². The zero-order valence-corrected chi connectivity index (χ0v) is 10.7. The molecule has 1 saturated heterocycles. The molecule has 17 heavy (non-hydrogen) atoms. The molecule has 0 amide bonds. The molecule has 0 spiro atoms. The zero-order valence-electron chi connectivity index (χ0n) is 10.7. The Labute approximate surface area is 102 Å². The first-order valence-corrected chi connectivity index (χ1v) is 6.19. The van der Waals surface area contributed by atoms with Crippen LogP contribution < -0.4 is 4.90 Å². The highest BCUT2D eigenvalue weighted by atomic mass is 19.1. The molecule has 0 aliphatic carbocycles. The van der Waals surface area contributed by atoms with E-state index in [4.69, 9.17) is 4.74 Å². The van der Waals surface area contributed by atoms with E-state index in [1.165, 1.54) is 0 Å². The van der Waals surface area contributed by atoms with Crippen LogP contribution in [0.25, 0.3) is 0 Å². The average molecular weight is 237 g/mol. The Morgan fingerprint density at radius 2 is 2.18 bits per heavy atom. The van der Waals surface area contributed by atoms with Crippen LogP contribution in [-0.2, 0) is 4.74 Å². The van der Waals surface area contributed by atoms with Gasteiger partial charge in [0.05, 0.1) is 11.8 Å². The normalized spacial score (nSPS) is 20.3. The van der Waals surface area contributed by atoms with Crippen molar-refractivity contribution in [1.82, 2.24) is 0 Å². The Hall–Kier alpha value is -1.09. The first kappa shape index (κ1) is 12.4. The standard InChI is InChI=1S/C14H20FNO/c1-10(2)11-4-5-14(13(15)8-11)16-7-6-12(9-16)17-3/h4-5,8,10,12H,6-7,9H2,1-3H3. The highest BCUT2D eigenvalue weighted by Crippen LogP contribution is 2.27. The lowest BCUT2D eigenvalue weighted by atomic mass is 10.0. The van der Waals surface area contributed by atoms with Crippen LogP contribution in [0.2, 0.25) is 0 Å². The van der Waals surface area contributed by atoms with Gasteiger partial charge in [-0.2, -0.15) is 0 Å². The van der Waals surface area contributed by atoms with Gasteiger partial charge in [-0.05, 0) is 30.0 Å². The van der Waals surface area contributed by atoms with E-state index >= 15 is 0 Å². The van der Waals surface area contributed by atoms with Crippen LogP contribution >= 0.6 is 0 Å². The van der Waals surface area contributed by atoms with E-state index in [9.17, 15) is 4.39 Å². The summed E-state index contributed by atoms with van der Waals surface area (Å²) in [5, 5.41) is 0. The SMILES string of the molecule is COC1CCN(c2ccc(C(C)C)cc2F)C1. The van der Waals surface area contributed by atoms with Crippen LogP contribution in [0, 0.1) is 5.82 Å². The molecule has 0 N–H and O–H groups in total. The summed E-state index contributed by atoms with van der Waals surface area (Å²) in [5.74, 6) is 0.247. The Kier molecular flexibility index (Phi) is 3.67. The Balaban J connectivity index is 2.17. The third kappa shape index (κ3) is 2.60. The third-order valence-corrected chi connectivity index (χ3v) is 3.46. The fourth-order valence-electron chi connectivity index (χ4n) is 2.28. The van der Waals surface area contributed by atoms with Crippen LogP contribution in [0.5, 0.6) is 0 Å². The molecule has 0 radical (unpaired) electrons. The van der Waals surface area contributed by atoms with Crippen molar-refractivity contribution in [3.63, 3.8) is 0 Å². The van der Waals surface area contributed by atoms with Crippen molar-refractivity contribution in [3.05, 3.63) is 29.6 Å². The van der Waals surface area contributed by atoms with Gasteiger partial charge >= 0.3 is 0 Å². The second-order valence-corrected chi connectivity index (χ2v) is 4.96. The maximum atomic E-state index is 14.0. The van der Waals surface area contributed by atoms with Gasteiger partial charge in [-0.15, -0.1) is 0 Å². The van der Waals surface area contributed by atoms with E-state index < -0.39 is 0 Å². The van der Waals surface area contributed by atoms with E-state index in [1.54, 1.807) is 13.2 Å². The third-order valence-electron chi connectivity index (χ3n) is 3.46. The molecule has 1 unspecified atom stereocenters. The van der Waals surface area contributed by atoms with Gasteiger partial charge in [0, 0.05) is 20.2 Å². The number of ether oxygens (including phenoxy) is 1. The second kappa shape index (κ2) is 5.05. The predicted octanol–water partition coefficient (Wildman–Crippen LogP) is 3.17. The molecule has 94 valence electrons. The summed E-state index contributed by atoms with van der Waals surface area (Å²) in [7, 11) is 1.71. The minimum Gasteiger partial charge on any atom is -0.380 e. The van der Waals surface area contributed by atoms with Crippen LogP contribution in [0.15, 0.2) is 18.2 Å². The van der Waals surface area contributed by atoms with Crippen molar-refractivity contribution in [3.8, 4) is 0 Å². The molecule has 1 aromatic carbocycles. The van der Waals surface area contributed by atoms with E-state index in [0.29, 0.717) is 11.6 Å². The maximum Gasteiger partial charge on any atom is 0.146 e. The van der Waals surface area contributed by atoms with E-state index in [0.717, 1.165) is 25.1 Å². The van der Waals surface area contributed by atoms with Gasteiger partial charge < -0.3 is 9.64 Å². The van der Waals surface area contributed by atoms with Gasteiger partial charge in [0.15, 0.2) is 0 Å². The summed E-state index contributed by atoms with van der Waals surface area (Å²) in [6.07, 6.45) is 1.21. The fraction of sp³-hybridized carbons (Fsp3) is 0.571. The van der Waals surface area contributed by atoms with E-state index in [2.05, 4.69) is 18.7 Å². The summed E-state index contributed by atoms with van der Waals surface area (Å²) in [6, 6.07) is 5.56. The molecular weight excluding hydrogens is 217 g/mol. The maximum absolute atomic E-state index is 14.0. The van der Waals surface area contributed by atoms with E-state index in [1.807, 2.05) is 12.1 Å². The molecule has 2 nitrogen and oxygen atoms in total. The molecule has 0 saturated carbocycles. The quantitative estimate of drug-likeness (QED) is 0.800. The highest BCUT2D eigenvalue weighted by molar-refractivity contribution is 5.50. The lowest BCUT2D eigenvalue weighted by molar-refractivity contribution is 0.121. The molecule has 1 fully saturated rings. The number of nitrogens with zero attached hydrogens (tertiary/aromatic N) is 1. The monoisotopic (exact) mass is 237 g/mol. The molecule has 1 atom stereocenters. The smallest absolute Gasteiger partial charge is 0.146 e. The van der Waals surface area contributed by atoms with Crippen molar-refractivity contribution < 1.29 is 9.13 Å². The molecule has 1 aliphatic rings. The topological polar surface area (TPSA) is 12.5 Å². The number of anilines is 1. The molecule has 3 heteroatoms. The van der Waals surface area contributed by atoms with Crippen molar-refractivity contribution in [2.45, 2.75) is 32.3 Å². The first-order valence-electron chi connectivity index (χ1n) is 6.19. The molecule has 1 heterocycles. The van der Waals surface area contributed by atoms with Crippen LogP contribution in [0.3, 0.4) is 0 Å². The second-order valence-electron chi connectivity index (χ2n) is 4.96. The van der Waals surface area contributed by atoms with Crippen molar-refractivity contribution in [2.24, 2.45) is 0 Å². The molecule has 0 aromatic heterocycles. The fourth-order valence-corrected chi connectivity index (χ4v) is 2.28. The lowest BCUT2D eigenvalue weighted by Crippen LogP contribution is -2.23. The Morgan fingerprint density at radius 1 is 1.41 bits per heavy atom. The summed E-state index contributed by atoms with van der Waals surface area (Å²) in [5.41, 5.74) is 1.75. The van der Waals surface area contributed by atoms with Crippen molar-refractivity contribution in [1.29, 1.82) is 0 Å². The summed E-state index contributed by atoms with van der Waals surface area (Å²) >= 11 is 0. The largest absolute Gasteiger partial charge is 0.380 e. The van der Waals surface area contributed by atoms with Gasteiger partial charge in [0.1, 0.15) is 5.82 Å². The minimum atomic E-state index is -0.118. The highest BCUT2D eigenvalue weighted by Gasteiger charge is 2.24. The van der Waals surface area contributed by atoms with Crippen LogP contribution in [0.4, 0.5) is 10.1 Å². The minimum absolute atomic E-state index is 0.118. The van der Waals surface area contributed by atoms with Crippen molar-refractivity contribution >= 4 is 5.69 Å². The number of methoxy groups -OCH3 is 1. The van der Waals surface area contributed by atoms with Gasteiger partial charge in [-0.25, -0.2) is 4.39 Å². The number of hydrogen-bond donors (Lipinski definition) is 0. The number of benzene rings is 1. The Morgan fingerprint density at radius 3 is 2.71 bits per heavy atom. The summed E-state index contributed by atoms with van der Waals surface area (Å²) in [4.78, 5) is 2.06. The molecule has 1 aliphatic heterocycles. The average Bonchev–Trinajstić information content (AvgIpc) is 2.77. The Bertz CT molecular complexity index is 392.